The van der Waals surface area contributed by atoms with E-state index in [0.29, 0.717) is 5.56 Å². The smallest absolute Gasteiger partial charge is 0.255 e. The first kappa shape index (κ1) is 17.9. The fraction of sp³-hybridized carbons (Fsp3) is 0.294. The average Bonchev–Trinajstić information content (AvgIpc) is 2.56. The summed E-state index contributed by atoms with van der Waals surface area (Å²) in [7, 11) is 0. The lowest BCUT2D eigenvalue weighted by molar-refractivity contribution is 0.0628. The molecule has 1 saturated heterocycles. The molecule has 1 fully saturated rings. The number of carbonyl (C=O) groups excluding carboxylic acids is 1. The molecule has 2 heterocycles. The number of hydrogen-bond donors (Lipinski definition) is 0. The summed E-state index contributed by atoms with van der Waals surface area (Å²) in [6.45, 7) is 4.28. The number of pyridine rings is 1. The summed E-state index contributed by atoms with van der Waals surface area (Å²) < 4.78 is 0.834. The van der Waals surface area contributed by atoms with E-state index in [0.717, 1.165) is 37.2 Å². The van der Waals surface area contributed by atoms with Gasteiger partial charge in [0.25, 0.3) is 5.91 Å². The molecule has 0 unspecified atom stereocenters. The maximum absolute atomic E-state index is 12.5. The average molecular weight is 397 g/mol. The highest BCUT2D eigenvalue weighted by Gasteiger charge is 2.22. The molecule has 2 aromatic rings. The first-order valence-electron chi connectivity index (χ1n) is 7.38. The third-order valence-electron chi connectivity index (χ3n) is 3.86. The Morgan fingerprint density at radius 2 is 1.78 bits per heavy atom. The van der Waals surface area contributed by atoms with Gasteiger partial charge in [-0.1, -0.05) is 30.3 Å². The largest absolute Gasteiger partial charge is 0.336 e. The van der Waals surface area contributed by atoms with E-state index in [2.05, 4.69) is 50.1 Å². The summed E-state index contributed by atoms with van der Waals surface area (Å²) in [4.78, 5) is 20.8. The number of piperazine rings is 1. The molecule has 1 aromatic carbocycles. The molecule has 0 spiro atoms. The van der Waals surface area contributed by atoms with Gasteiger partial charge in [0.1, 0.15) is 0 Å². The van der Waals surface area contributed by atoms with Gasteiger partial charge >= 0.3 is 0 Å². The minimum atomic E-state index is 0. The summed E-state index contributed by atoms with van der Waals surface area (Å²) in [6.07, 6.45) is 3.32. The van der Waals surface area contributed by atoms with Crippen LogP contribution in [0.4, 0.5) is 0 Å². The molecule has 23 heavy (non-hydrogen) atoms. The molecule has 1 aliphatic rings. The first-order valence-corrected chi connectivity index (χ1v) is 8.18. The number of aromatic nitrogens is 1. The fourth-order valence-corrected chi connectivity index (χ4v) is 3.03. The van der Waals surface area contributed by atoms with Crippen LogP contribution in [0.25, 0.3) is 0 Å². The van der Waals surface area contributed by atoms with Crippen LogP contribution in [0.2, 0.25) is 0 Å². The Hall–Kier alpha value is -1.43. The molecule has 0 saturated carbocycles. The topological polar surface area (TPSA) is 36.4 Å². The van der Waals surface area contributed by atoms with Crippen LogP contribution in [-0.2, 0) is 6.54 Å². The van der Waals surface area contributed by atoms with Crippen LogP contribution in [0.1, 0.15) is 15.9 Å². The molecule has 122 valence electrons. The van der Waals surface area contributed by atoms with E-state index in [1.165, 1.54) is 5.56 Å². The maximum Gasteiger partial charge on any atom is 0.255 e. The highest BCUT2D eigenvalue weighted by molar-refractivity contribution is 9.10. The molecule has 0 atom stereocenters. The van der Waals surface area contributed by atoms with Crippen molar-refractivity contribution in [2.75, 3.05) is 26.2 Å². The standard InChI is InChI=1S/C17H18BrN3O.ClH/c18-16-10-15(11-19-12-16)17(22)21-8-6-20(7-9-21)13-14-4-2-1-3-5-14;/h1-5,10-12H,6-9,13H2;1H. The van der Waals surface area contributed by atoms with Gasteiger partial charge in [-0.15, -0.1) is 12.4 Å². The zero-order valence-electron chi connectivity index (χ0n) is 12.7. The van der Waals surface area contributed by atoms with E-state index in [1.807, 2.05) is 17.0 Å². The van der Waals surface area contributed by atoms with Gasteiger partial charge in [-0.25, -0.2) is 0 Å². The molecule has 1 amide bonds. The maximum atomic E-state index is 12.5. The molecule has 0 bridgehead atoms. The van der Waals surface area contributed by atoms with Crippen LogP contribution in [0.3, 0.4) is 0 Å². The molecule has 3 rings (SSSR count). The second kappa shape index (κ2) is 8.43. The van der Waals surface area contributed by atoms with Crippen molar-refractivity contribution in [1.29, 1.82) is 0 Å². The molecule has 6 heteroatoms. The van der Waals surface area contributed by atoms with Gasteiger partial charge in [-0.2, -0.15) is 0 Å². The van der Waals surface area contributed by atoms with Crippen LogP contribution in [0.15, 0.2) is 53.3 Å². The van der Waals surface area contributed by atoms with Crippen LogP contribution in [0.5, 0.6) is 0 Å². The molecule has 1 aliphatic heterocycles. The Morgan fingerprint density at radius 3 is 2.43 bits per heavy atom. The first-order chi connectivity index (χ1) is 10.7. The molecule has 4 nitrogen and oxygen atoms in total. The highest BCUT2D eigenvalue weighted by Crippen LogP contribution is 2.14. The van der Waals surface area contributed by atoms with Gasteiger partial charge in [0.05, 0.1) is 5.56 Å². The SMILES string of the molecule is Cl.O=C(c1cncc(Br)c1)N1CCN(Cc2ccccc2)CC1. The Bertz CT molecular complexity index is 645. The van der Waals surface area contributed by atoms with E-state index < -0.39 is 0 Å². The van der Waals surface area contributed by atoms with E-state index >= 15 is 0 Å². The van der Waals surface area contributed by atoms with Gasteiger partial charge < -0.3 is 4.90 Å². The van der Waals surface area contributed by atoms with Crippen molar-refractivity contribution < 1.29 is 4.79 Å². The van der Waals surface area contributed by atoms with Gasteiger partial charge in [-0.05, 0) is 27.6 Å². The molecule has 0 aliphatic carbocycles. The lowest BCUT2D eigenvalue weighted by Crippen LogP contribution is -2.48. The van der Waals surface area contributed by atoms with Crippen molar-refractivity contribution in [2.24, 2.45) is 0 Å². The number of hydrogen-bond acceptors (Lipinski definition) is 3. The summed E-state index contributed by atoms with van der Waals surface area (Å²) in [5, 5.41) is 0. The van der Waals surface area contributed by atoms with Gasteiger partial charge in [0.15, 0.2) is 0 Å². The van der Waals surface area contributed by atoms with Gasteiger partial charge in [0.2, 0.25) is 0 Å². The third-order valence-corrected chi connectivity index (χ3v) is 4.29. The van der Waals surface area contributed by atoms with Crippen molar-refractivity contribution >= 4 is 34.2 Å². The summed E-state index contributed by atoms with van der Waals surface area (Å²) in [5.41, 5.74) is 1.96. The van der Waals surface area contributed by atoms with E-state index in [1.54, 1.807) is 12.4 Å². The Balaban J connectivity index is 0.00000192. The highest BCUT2D eigenvalue weighted by atomic mass is 79.9. The summed E-state index contributed by atoms with van der Waals surface area (Å²) >= 11 is 3.36. The Morgan fingerprint density at radius 1 is 1.09 bits per heavy atom. The molecular formula is C17H19BrClN3O. The molecule has 0 N–H and O–H groups in total. The minimum Gasteiger partial charge on any atom is -0.336 e. The van der Waals surface area contributed by atoms with Crippen LogP contribution in [-0.4, -0.2) is 46.9 Å². The number of amides is 1. The second-order valence-electron chi connectivity index (χ2n) is 5.45. The third kappa shape index (κ3) is 4.77. The monoisotopic (exact) mass is 395 g/mol. The second-order valence-corrected chi connectivity index (χ2v) is 6.36. The van der Waals surface area contributed by atoms with E-state index in [9.17, 15) is 4.79 Å². The number of halogens is 2. The predicted octanol–water partition coefficient (Wildman–Crippen LogP) is 3.22. The number of benzene rings is 1. The Kier molecular flexibility index (Phi) is 6.57. The van der Waals surface area contributed by atoms with Crippen molar-refractivity contribution in [3.8, 4) is 0 Å². The number of nitrogens with zero attached hydrogens (tertiary/aromatic N) is 3. The van der Waals surface area contributed by atoms with Crippen LogP contribution >= 0.6 is 28.3 Å². The normalized spacial score (nSPS) is 15.1. The van der Waals surface area contributed by atoms with Crippen molar-refractivity contribution in [2.45, 2.75) is 6.54 Å². The minimum absolute atomic E-state index is 0. The van der Waals surface area contributed by atoms with E-state index in [-0.39, 0.29) is 18.3 Å². The van der Waals surface area contributed by atoms with E-state index in [4.69, 9.17) is 0 Å². The summed E-state index contributed by atoms with van der Waals surface area (Å²) in [5.74, 6) is 0.0631. The molecular weight excluding hydrogens is 378 g/mol. The van der Waals surface area contributed by atoms with Gasteiger partial charge in [0, 0.05) is 49.6 Å². The van der Waals surface area contributed by atoms with Crippen LogP contribution in [0, 0.1) is 0 Å². The zero-order chi connectivity index (χ0) is 15.4. The quantitative estimate of drug-likeness (QED) is 0.799. The lowest BCUT2D eigenvalue weighted by atomic mass is 10.2. The predicted molar refractivity (Wildman–Crippen MR) is 96.8 cm³/mol. The fourth-order valence-electron chi connectivity index (χ4n) is 2.66. The zero-order valence-corrected chi connectivity index (χ0v) is 15.1. The van der Waals surface area contributed by atoms with Crippen molar-refractivity contribution in [3.63, 3.8) is 0 Å². The van der Waals surface area contributed by atoms with Gasteiger partial charge in [-0.3, -0.25) is 14.7 Å². The lowest BCUT2D eigenvalue weighted by Gasteiger charge is -2.34. The van der Waals surface area contributed by atoms with Crippen molar-refractivity contribution in [3.05, 3.63) is 64.4 Å². The molecule has 0 radical (unpaired) electrons. The molecule has 1 aromatic heterocycles. The Labute approximate surface area is 151 Å². The van der Waals surface area contributed by atoms with Crippen molar-refractivity contribution in [1.82, 2.24) is 14.8 Å². The number of rotatable bonds is 3. The summed E-state index contributed by atoms with van der Waals surface area (Å²) in [6, 6.07) is 12.3. The number of carbonyl (C=O) groups is 1. The van der Waals surface area contributed by atoms with Crippen LogP contribution < -0.4 is 0 Å².